The van der Waals surface area contributed by atoms with Crippen LogP contribution in [0.1, 0.15) is 18.5 Å². The maximum Gasteiger partial charge on any atom is 0.409 e. The number of hydrogen-bond acceptors (Lipinski definition) is 5. The molecule has 144 valence electrons. The minimum absolute atomic E-state index is 0.175. The quantitative estimate of drug-likeness (QED) is 0.800. The summed E-state index contributed by atoms with van der Waals surface area (Å²) in [6.07, 6.45) is -0.175. The highest BCUT2D eigenvalue weighted by Gasteiger charge is 2.28. The van der Waals surface area contributed by atoms with E-state index < -0.39 is 0 Å². The third-order valence-electron chi connectivity index (χ3n) is 5.49. The summed E-state index contributed by atoms with van der Waals surface area (Å²) in [7, 11) is 2.20. The average molecular weight is 361 g/mol. The number of amides is 1. The van der Waals surface area contributed by atoms with Gasteiger partial charge in [-0.15, -0.1) is 0 Å². The van der Waals surface area contributed by atoms with Crippen molar-refractivity contribution >= 4 is 6.09 Å². The Labute approximate surface area is 157 Å². The van der Waals surface area contributed by atoms with Gasteiger partial charge in [0.15, 0.2) is 0 Å². The van der Waals surface area contributed by atoms with Crippen molar-refractivity contribution in [3.05, 3.63) is 35.9 Å². The van der Waals surface area contributed by atoms with Crippen molar-refractivity contribution in [1.29, 1.82) is 0 Å². The zero-order chi connectivity index (χ0) is 18.4. The van der Waals surface area contributed by atoms with Crippen LogP contribution in [0.4, 0.5) is 4.79 Å². The maximum absolute atomic E-state index is 11.9. The molecule has 1 unspecified atom stereocenters. The van der Waals surface area contributed by atoms with Crippen LogP contribution in [-0.4, -0.2) is 98.3 Å². The molecule has 0 radical (unpaired) electrons. The molecule has 2 saturated heterocycles. The van der Waals surface area contributed by atoms with Gasteiger partial charge >= 0.3 is 6.09 Å². The number of carbonyl (C=O) groups excluding carboxylic acids is 1. The summed E-state index contributed by atoms with van der Waals surface area (Å²) in [5.74, 6) is 0. The van der Waals surface area contributed by atoms with Crippen LogP contribution in [-0.2, 0) is 4.74 Å². The van der Waals surface area contributed by atoms with E-state index in [0.29, 0.717) is 12.6 Å². The fraction of sp³-hybridized carbons (Fsp3) is 0.650. The minimum Gasteiger partial charge on any atom is -0.450 e. The predicted octanol–water partition coefficient (Wildman–Crippen LogP) is 1.75. The molecule has 0 bridgehead atoms. The number of rotatable bonds is 5. The second-order valence-electron chi connectivity index (χ2n) is 7.25. The van der Waals surface area contributed by atoms with Crippen molar-refractivity contribution in [2.45, 2.75) is 13.0 Å². The Morgan fingerprint density at radius 2 is 1.65 bits per heavy atom. The highest BCUT2D eigenvalue weighted by atomic mass is 16.6. The molecule has 2 aliphatic rings. The molecule has 6 nitrogen and oxygen atoms in total. The number of hydrogen-bond donors (Lipinski definition) is 0. The molecule has 1 aromatic rings. The SMILES string of the molecule is CCOC(=O)N1CCN(CC(c2ccccc2)N2CCN(C)CC2)CC1. The third-order valence-corrected chi connectivity index (χ3v) is 5.49. The Morgan fingerprint density at radius 3 is 2.27 bits per heavy atom. The standard InChI is InChI=1S/C20H32N4O2/c1-3-26-20(25)24-15-11-22(12-16-24)17-19(18-7-5-4-6-8-18)23-13-9-21(2)10-14-23/h4-8,19H,3,9-17H2,1-2H3. The van der Waals surface area contributed by atoms with Crippen molar-refractivity contribution in [1.82, 2.24) is 19.6 Å². The molecular weight excluding hydrogens is 328 g/mol. The second kappa shape index (κ2) is 9.35. The molecule has 0 N–H and O–H groups in total. The molecule has 2 heterocycles. The van der Waals surface area contributed by atoms with E-state index in [9.17, 15) is 4.79 Å². The molecule has 3 rings (SSSR count). The van der Waals surface area contributed by atoms with Gasteiger partial charge in [0.1, 0.15) is 0 Å². The molecule has 26 heavy (non-hydrogen) atoms. The lowest BCUT2D eigenvalue weighted by molar-refractivity contribution is 0.0544. The Bertz CT molecular complexity index is 552. The number of nitrogens with zero attached hydrogens (tertiary/aromatic N) is 4. The van der Waals surface area contributed by atoms with Gasteiger partial charge in [-0.3, -0.25) is 9.80 Å². The summed E-state index contributed by atoms with van der Waals surface area (Å²) >= 11 is 0. The van der Waals surface area contributed by atoms with Crippen LogP contribution < -0.4 is 0 Å². The van der Waals surface area contributed by atoms with E-state index in [-0.39, 0.29) is 6.09 Å². The highest BCUT2D eigenvalue weighted by molar-refractivity contribution is 5.67. The molecule has 6 heteroatoms. The molecule has 0 spiro atoms. The van der Waals surface area contributed by atoms with E-state index in [1.807, 2.05) is 11.8 Å². The van der Waals surface area contributed by atoms with Gasteiger partial charge < -0.3 is 14.5 Å². The van der Waals surface area contributed by atoms with Crippen LogP contribution in [0.15, 0.2) is 30.3 Å². The van der Waals surface area contributed by atoms with E-state index in [1.54, 1.807) is 0 Å². The van der Waals surface area contributed by atoms with Gasteiger partial charge in [0, 0.05) is 64.9 Å². The first-order valence-corrected chi connectivity index (χ1v) is 9.79. The monoisotopic (exact) mass is 360 g/mol. The van der Waals surface area contributed by atoms with Crippen molar-refractivity contribution in [2.75, 3.05) is 72.6 Å². The molecule has 0 aliphatic carbocycles. The summed E-state index contributed by atoms with van der Waals surface area (Å²) < 4.78 is 5.13. The highest BCUT2D eigenvalue weighted by Crippen LogP contribution is 2.24. The number of carbonyl (C=O) groups is 1. The lowest BCUT2D eigenvalue weighted by Crippen LogP contribution is -2.53. The van der Waals surface area contributed by atoms with Crippen molar-refractivity contribution in [2.24, 2.45) is 0 Å². The van der Waals surface area contributed by atoms with Gasteiger partial charge in [0.25, 0.3) is 0 Å². The molecule has 2 aliphatic heterocycles. The summed E-state index contributed by atoms with van der Waals surface area (Å²) in [5.41, 5.74) is 1.39. The van der Waals surface area contributed by atoms with E-state index in [1.165, 1.54) is 5.56 Å². The van der Waals surface area contributed by atoms with Gasteiger partial charge in [-0.1, -0.05) is 30.3 Å². The Kier molecular flexibility index (Phi) is 6.88. The van der Waals surface area contributed by atoms with Gasteiger partial charge in [0.2, 0.25) is 0 Å². The number of piperazine rings is 2. The molecule has 1 aromatic carbocycles. The zero-order valence-corrected chi connectivity index (χ0v) is 16.1. The fourth-order valence-corrected chi connectivity index (χ4v) is 3.81. The Morgan fingerprint density at radius 1 is 1.00 bits per heavy atom. The normalized spacial score (nSPS) is 21.5. The van der Waals surface area contributed by atoms with Gasteiger partial charge in [-0.25, -0.2) is 4.79 Å². The second-order valence-corrected chi connectivity index (χ2v) is 7.25. The van der Waals surface area contributed by atoms with Crippen molar-refractivity contribution in [3.8, 4) is 0 Å². The van der Waals surface area contributed by atoms with E-state index in [2.05, 4.69) is 52.1 Å². The molecule has 1 atom stereocenters. The van der Waals surface area contributed by atoms with Crippen LogP contribution in [0.2, 0.25) is 0 Å². The molecule has 0 aromatic heterocycles. The first kappa shape index (κ1) is 19.1. The zero-order valence-electron chi connectivity index (χ0n) is 16.1. The van der Waals surface area contributed by atoms with Crippen LogP contribution >= 0.6 is 0 Å². The van der Waals surface area contributed by atoms with Crippen LogP contribution in [0, 0.1) is 0 Å². The largest absolute Gasteiger partial charge is 0.450 e. The molecule has 0 saturated carbocycles. The summed E-state index contributed by atoms with van der Waals surface area (Å²) in [5, 5.41) is 0. The van der Waals surface area contributed by atoms with Gasteiger partial charge in [-0.2, -0.15) is 0 Å². The van der Waals surface area contributed by atoms with Crippen LogP contribution in [0.25, 0.3) is 0 Å². The summed E-state index contributed by atoms with van der Waals surface area (Å²) in [6.45, 7) is 11.1. The van der Waals surface area contributed by atoms with Crippen molar-refractivity contribution in [3.63, 3.8) is 0 Å². The number of benzene rings is 1. The number of ether oxygens (including phenoxy) is 1. The maximum atomic E-state index is 11.9. The summed E-state index contributed by atoms with van der Waals surface area (Å²) in [6, 6.07) is 11.3. The van der Waals surface area contributed by atoms with E-state index >= 15 is 0 Å². The predicted molar refractivity (Wildman–Crippen MR) is 103 cm³/mol. The number of likely N-dealkylation sites (N-methyl/N-ethyl adjacent to an activating group) is 1. The first-order chi connectivity index (χ1) is 12.7. The summed E-state index contributed by atoms with van der Waals surface area (Å²) in [4.78, 5) is 21.2. The van der Waals surface area contributed by atoms with Crippen LogP contribution in [0.5, 0.6) is 0 Å². The first-order valence-electron chi connectivity index (χ1n) is 9.79. The van der Waals surface area contributed by atoms with E-state index in [4.69, 9.17) is 4.74 Å². The Balaban J connectivity index is 1.61. The van der Waals surface area contributed by atoms with Crippen LogP contribution in [0.3, 0.4) is 0 Å². The fourth-order valence-electron chi connectivity index (χ4n) is 3.81. The van der Waals surface area contributed by atoms with Gasteiger partial charge in [0.05, 0.1) is 6.61 Å². The molecule has 1 amide bonds. The van der Waals surface area contributed by atoms with E-state index in [0.717, 1.165) is 58.9 Å². The lowest BCUT2D eigenvalue weighted by Gasteiger charge is -2.42. The molecule has 2 fully saturated rings. The average Bonchev–Trinajstić information content (AvgIpc) is 2.68. The van der Waals surface area contributed by atoms with Gasteiger partial charge in [-0.05, 0) is 19.5 Å². The topological polar surface area (TPSA) is 39.3 Å². The molecular formula is C20H32N4O2. The lowest BCUT2D eigenvalue weighted by atomic mass is 10.0. The van der Waals surface area contributed by atoms with Crippen molar-refractivity contribution < 1.29 is 9.53 Å². The smallest absolute Gasteiger partial charge is 0.409 e. The third kappa shape index (κ3) is 4.96. The minimum atomic E-state index is -0.175. The Hall–Kier alpha value is -1.63.